The van der Waals surface area contributed by atoms with E-state index in [4.69, 9.17) is 28.4 Å². The zero-order chi connectivity index (χ0) is 22.7. The van der Waals surface area contributed by atoms with Crippen LogP contribution in [0, 0.1) is 5.41 Å². The van der Waals surface area contributed by atoms with E-state index in [1.54, 1.807) is 0 Å². The summed E-state index contributed by atoms with van der Waals surface area (Å²) in [5.74, 6) is -1.56. The maximum absolute atomic E-state index is 11.1. The molecule has 0 saturated heterocycles. The lowest BCUT2D eigenvalue weighted by Gasteiger charge is -2.32. The largest absolute Gasteiger partial charge is 0.460 e. The summed E-state index contributed by atoms with van der Waals surface area (Å²) in [5, 5.41) is 0. The third kappa shape index (κ3) is 29.6. The second kappa shape index (κ2) is 35.7. The van der Waals surface area contributed by atoms with E-state index in [1.165, 1.54) is 0 Å². The summed E-state index contributed by atoms with van der Waals surface area (Å²) in [5.41, 5.74) is -0.493. The number of rotatable bonds is 19. The van der Waals surface area contributed by atoms with E-state index >= 15 is 0 Å². The Morgan fingerprint density at radius 2 is 0.784 bits per heavy atom. The number of esters is 3. The van der Waals surface area contributed by atoms with Gasteiger partial charge in [-0.1, -0.05) is 78.6 Å². The van der Waals surface area contributed by atoms with Crippen molar-refractivity contribution in [2.24, 2.45) is 5.41 Å². The number of carbonyl (C=O) groups is 3. The molecule has 9 nitrogen and oxygen atoms in total. The van der Waals surface area contributed by atoms with Gasteiger partial charge in [-0.15, -0.1) is 0 Å². The molecule has 0 aromatic heterocycles. The van der Waals surface area contributed by atoms with E-state index in [0.717, 1.165) is 18.2 Å². The fourth-order valence-corrected chi connectivity index (χ4v) is 2.08. The second-order valence-corrected chi connectivity index (χ2v) is 6.13. The molecule has 0 radical (unpaired) electrons. The van der Waals surface area contributed by atoms with Gasteiger partial charge in [0.15, 0.2) is 0 Å². The summed E-state index contributed by atoms with van der Waals surface area (Å²) in [4.78, 5) is 33.2. The van der Waals surface area contributed by atoms with E-state index in [2.05, 4.69) is 19.7 Å². The molecule has 0 aliphatic carbocycles. The molecule has 0 bridgehead atoms. The van der Waals surface area contributed by atoms with Gasteiger partial charge in [-0.3, -0.25) is 0 Å². The van der Waals surface area contributed by atoms with Gasteiger partial charge in [0.1, 0.15) is 19.8 Å². The highest BCUT2D eigenvalue weighted by molar-refractivity contribution is 5.81. The molecule has 0 amide bonds. The van der Waals surface area contributed by atoms with Gasteiger partial charge in [0, 0.05) is 23.6 Å². The van der Waals surface area contributed by atoms with Crippen LogP contribution in [0.3, 0.4) is 0 Å². The van der Waals surface area contributed by atoms with Gasteiger partial charge in [0.25, 0.3) is 0 Å². The maximum Gasteiger partial charge on any atom is 0.330 e. The standard InChI is InChI=1S/C21H32O9.7CH4/c1-5-18(22)28-12-9-25-15-21(8-4,16-26-10-13-29-19(23)6-2)17-27-11-14-30-20(24)7-3;;;;;;;/h5-7H,1-3,8-17H2,4H3;7*1H4. The normalized spacial score (nSPS) is 8.68. The Morgan fingerprint density at radius 3 is 0.973 bits per heavy atom. The van der Waals surface area contributed by atoms with Crippen LogP contribution in [0.1, 0.15) is 65.3 Å². The van der Waals surface area contributed by atoms with Gasteiger partial charge >= 0.3 is 17.9 Å². The van der Waals surface area contributed by atoms with Gasteiger partial charge < -0.3 is 28.4 Å². The van der Waals surface area contributed by atoms with Crippen molar-refractivity contribution < 1.29 is 42.8 Å². The van der Waals surface area contributed by atoms with Crippen LogP contribution in [-0.4, -0.2) is 77.4 Å². The highest BCUT2D eigenvalue weighted by atomic mass is 16.6. The number of carbonyl (C=O) groups excluding carboxylic acids is 3. The molecule has 226 valence electrons. The summed E-state index contributed by atoms with van der Waals surface area (Å²) >= 11 is 0. The van der Waals surface area contributed by atoms with E-state index < -0.39 is 23.3 Å². The Morgan fingerprint density at radius 1 is 0.541 bits per heavy atom. The molecule has 0 aromatic rings. The van der Waals surface area contributed by atoms with Crippen LogP contribution < -0.4 is 0 Å². The van der Waals surface area contributed by atoms with E-state index in [1.807, 2.05) is 6.92 Å². The monoisotopic (exact) mass is 540 g/mol. The third-order valence-corrected chi connectivity index (χ3v) is 3.89. The Labute approximate surface area is 229 Å². The van der Waals surface area contributed by atoms with Crippen molar-refractivity contribution in [1.82, 2.24) is 0 Å². The van der Waals surface area contributed by atoms with Crippen LogP contribution in [0.4, 0.5) is 0 Å². The molecule has 37 heavy (non-hydrogen) atoms. The summed E-state index contributed by atoms with van der Waals surface area (Å²) in [6.07, 6.45) is 3.90. The first-order chi connectivity index (χ1) is 14.4. The lowest BCUT2D eigenvalue weighted by Crippen LogP contribution is -2.38. The average Bonchev–Trinajstić information content (AvgIpc) is 2.76. The minimum atomic E-state index is -0.518. The zero-order valence-corrected chi connectivity index (χ0v) is 17.6. The fourth-order valence-electron chi connectivity index (χ4n) is 2.08. The van der Waals surface area contributed by atoms with Gasteiger partial charge in [-0.25, -0.2) is 14.4 Å². The first-order valence-corrected chi connectivity index (χ1v) is 9.53. The van der Waals surface area contributed by atoms with E-state index in [9.17, 15) is 14.4 Å². The molecular weight excluding hydrogens is 480 g/mol. The van der Waals surface area contributed by atoms with E-state index in [-0.39, 0.29) is 111 Å². The number of hydrogen-bond acceptors (Lipinski definition) is 9. The van der Waals surface area contributed by atoms with Crippen molar-refractivity contribution in [3.63, 3.8) is 0 Å². The highest BCUT2D eigenvalue weighted by Crippen LogP contribution is 2.24. The van der Waals surface area contributed by atoms with Crippen LogP contribution in [0.15, 0.2) is 38.0 Å². The van der Waals surface area contributed by atoms with Crippen molar-refractivity contribution in [2.45, 2.75) is 65.3 Å². The van der Waals surface area contributed by atoms with Crippen molar-refractivity contribution in [3.8, 4) is 0 Å². The predicted molar refractivity (Wildman–Crippen MR) is 156 cm³/mol. The van der Waals surface area contributed by atoms with Crippen LogP contribution in [0.25, 0.3) is 0 Å². The van der Waals surface area contributed by atoms with Gasteiger partial charge in [-0.05, 0) is 6.42 Å². The van der Waals surface area contributed by atoms with Crippen LogP contribution in [-0.2, 0) is 42.8 Å². The van der Waals surface area contributed by atoms with Crippen molar-refractivity contribution >= 4 is 17.9 Å². The minimum absolute atomic E-state index is 0. The van der Waals surface area contributed by atoms with Gasteiger partial charge in [-0.2, -0.15) is 0 Å². The molecule has 0 atom stereocenters. The quantitative estimate of drug-likeness (QED) is 0.0834. The fraction of sp³-hybridized carbons (Fsp3) is 0.679. The molecule has 0 aromatic carbocycles. The smallest absolute Gasteiger partial charge is 0.330 e. The number of ether oxygens (including phenoxy) is 6. The Hall–Kier alpha value is -2.49. The maximum atomic E-state index is 11.1. The Balaban J connectivity index is -0.000000200. The molecule has 0 aliphatic heterocycles. The second-order valence-electron chi connectivity index (χ2n) is 6.13. The van der Waals surface area contributed by atoms with Gasteiger partial charge in [0.05, 0.1) is 39.6 Å². The predicted octanol–water partition coefficient (Wildman–Crippen LogP) is 6.07. The zero-order valence-electron chi connectivity index (χ0n) is 17.6. The van der Waals surface area contributed by atoms with Crippen LogP contribution >= 0.6 is 0 Å². The van der Waals surface area contributed by atoms with E-state index in [0.29, 0.717) is 6.42 Å². The molecule has 0 N–H and O–H groups in total. The topological polar surface area (TPSA) is 107 Å². The van der Waals surface area contributed by atoms with Crippen molar-refractivity contribution in [3.05, 3.63) is 38.0 Å². The van der Waals surface area contributed by atoms with Crippen molar-refractivity contribution in [2.75, 3.05) is 59.5 Å². The molecule has 0 saturated carbocycles. The van der Waals surface area contributed by atoms with Gasteiger partial charge in [0.2, 0.25) is 0 Å². The minimum Gasteiger partial charge on any atom is -0.460 e. The summed E-state index contributed by atoms with van der Waals surface area (Å²) in [7, 11) is 0. The van der Waals surface area contributed by atoms with Crippen molar-refractivity contribution in [1.29, 1.82) is 0 Å². The SMILES string of the molecule is C.C.C.C.C.C.C.C=CC(=O)OCCOCC(CC)(COCCOC(=O)C=C)COCCOC(=O)C=C. The number of hydrogen-bond donors (Lipinski definition) is 0. The van der Waals surface area contributed by atoms with Crippen LogP contribution in [0.5, 0.6) is 0 Å². The third-order valence-electron chi connectivity index (χ3n) is 3.89. The Bertz CT molecular complexity index is 486. The summed E-state index contributed by atoms with van der Waals surface area (Å²) < 4.78 is 31.5. The first kappa shape index (κ1) is 55.1. The summed E-state index contributed by atoms with van der Waals surface area (Å²) in [6.45, 7) is 13.7. The van der Waals surface area contributed by atoms with Crippen LogP contribution in [0.2, 0.25) is 0 Å². The molecule has 0 unspecified atom stereocenters. The molecule has 0 rings (SSSR count). The molecule has 0 fully saturated rings. The first-order valence-electron chi connectivity index (χ1n) is 9.53. The molecule has 0 spiro atoms. The average molecular weight is 541 g/mol. The molecule has 9 heteroatoms. The Kier molecular flexibility index (Phi) is 53.2. The summed E-state index contributed by atoms with van der Waals surface area (Å²) in [6, 6.07) is 0. The molecule has 0 aliphatic rings. The lowest BCUT2D eigenvalue weighted by molar-refractivity contribution is -0.141. The highest BCUT2D eigenvalue weighted by Gasteiger charge is 2.30. The lowest BCUT2D eigenvalue weighted by atomic mass is 9.88. The molecular formula is C28H60O9. The molecule has 0 heterocycles.